The molecule has 0 aliphatic rings. The van der Waals surface area contributed by atoms with Crippen LogP contribution >= 0.6 is 0 Å². The van der Waals surface area contributed by atoms with E-state index in [0.29, 0.717) is 0 Å². The van der Waals surface area contributed by atoms with E-state index in [9.17, 15) is 0 Å². The highest BCUT2D eigenvalue weighted by Crippen LogP contribution is 2.20. The van der Waals surface area contributed by atoms with Crippen molar-refractivity contribution in [3.8, 4) is 0 Å². The summed E-state index contributed by atoms with van der Waals surface area (Å²) in [5.74, 6) is 0.973. The topological polar surface area (TPSA) is 29.9 Å². The van der Waals surface area contributed by atoms with Gasteiger partial charge in [0.05, 0.1) is 5.52 Å². The van der Waals surface area contributed by atoms with Crippen LogP contribution in [0.1, 0.15) is 0 Å². The van der Waals surface area contributed by atoms with Gasteiger partial charge in [-0.3, -0.25) is 0 Å². The highest BCUT2D eigenvalue weighted by molar-refractivity contribution is 6.10. The maximum atomic E-state index is 4.29. The molecular formula is C9H12BN3. The van der Waals surface area contributed by atoms with Gasteiger partial charge in [-0.1, -0.05) is 0 Å². The molecule has 2 rings (SSSR count). The number of fused-ring (bicyclic) bond motifs is 1. The fraction of sp³-hybridized carbons (Fsp3) is 0.222. The van der Waals surface area contributed by atoms with Gasteiger partial charge < -0.3 is 9.88 Å². The summed E-state index contributed by atoms with van der Waals surface area (Å²) in [7, 11) is 4.11. The lowest BCUT2D eigenvalue weighted by Gasteiger charge is -2.03. The van der Waals surface area contributed by atoms with Crippen molar-refractivity contribution in [1.82, 2.24) is 9.55 Å². The van der Waals surface area contributed by atoms with Gasteiger partial charge in [-0.2, -0.15) is 0 Å². The predicted octanol–water partition coefficient (Wildman–Crippen LogP) is 0.576. The Kier molecular flexibility index (Phi) is 1.96. The summed E-state index contributed by atoms with van der Waals surface area (Å²) in [6.07, 6.45) is 4.79. The van der Waals surface area contributed by atoms with Gasteiger partial charge in [0.15, 0.2) is 0 Å². The minimum absolute atomic E-state index is 0.904. The molecule has 0 saturated heterocycles. The zero-order valence-electron chi connectivity index (χ0n) is 7.91. The van der Waals surface area contributed by atoms with Crippen LogP contribution < -0.4 is 5.32 Å². The van der Waals surface area contributed by atoms with Crippen molar-refractivity contribution >= 4 is 24.6 Å². The second-order valence-electron chi connectivity index (χ2n) is 3.05. The number of rotatable bonds is 2. The monoisotopic (exact) mass is 173 g/mol. The van der Waals surface area contributed by atoms with Crippen molar-refractivity contribution in [3.63, 3.8) is 0 Å². The van der Waals surface area contributed by atoms with E-state index in [1.807, 2.05) is 25.5 Å². The zero-order chi connectivity index (χ0) is 9.26. The number of anilines is 1. The number of hydrogen-bond donors (Lipinski definition) is 1. The molecule has 0 aliphatic heterocycles. The van der Waals surface area contributed by atoms with Crippen LogP contribution in [0.15, 0.2) is 24.5 Å². The zero-order valence-corrected chi connectivity index (χ0v) is 7.91. The molecule has 66 valence electrons. The summed E-state index contributed by atoms with van der Waals surface area (Å²) in [5.41, 5.74) is 1.21. The number of aromatic nitrogens is 2. The molecule has 3 nitrogen and oxygen atoms in total. The Hall–Kier alpha value is -1.45. The third-order valence-electron chi connectivity index (χ3n) is 2.16. The van der Waals surface area contributed by atoms with Crippen molar-refractivity contribution in [1.29, 1.82) is 0 Å². The molecule has 0 aromatic carbocycles. The summed E-state index contributed by atoms with van der Waals surface area (Å²) in [4.78, 5) is 4.29. The molecule has 2 aromatic heterocycles. The van der Waals surface area contributed by atoms with E-state index in [2.05, 4.69) is 28.8 Å². The molecule has 4 heteroatoms. The van der Waals surface area contributed by atoms with Crippen LogP contribution in [0.25, 0.3) is 10.9 Å². The highest BCUT2D eigenvalue weighted by Gasteiger charge is 2.02. The van der Waals surface area contributed by atoms with Gasteiger partial charge in [0.2, 0.25) is 0 Å². The van der Waals surface area contributed by atoms with Crippen LogP contribution in [0.2, 0.25) is 0 Å². The summed E-state index contributed by atoms with van der Waals surface area (Å²) in [6, 6.07) is 4.11. The average Bonchev–Trinajstić information content (AvgIpc) is 2.50. The number of nitrogens with one attached hydrogen (secondary N) is 1. The highest BCUT2D eigenvalue weighted by atomic mass is 15.0. The lowest BCUT2D eigenvalue weighted by molar-refractivity contribution is 0.968. The Labute approximate surface area is 78.2 Å². The van der Waals surface area contributed by atoms with Crippen LogP contribution in [0.3, 0.4) is 0 Å². The molecule has 2 heterocycles. The second kappa shape index (κ2) is 3.13. The first-order valence-electron chi connectivity index (χ1n) is 4.47. The average molecular weight is 173 g/mol. The van der Waals surface area contributed by atoms with Gasteiger partial charge in [0, 0.05) is 24.8 Å². The molecule has 13 heavy (non-hydrogen) atoms. The lowest BCUT2D eigenvalue weighted by atomic mass is 10.1. The molecule has 0 bridgehead atoms. The van der Waals surface area contributed by atoms with E-state index in [1.165, 1.54) is 10.9 Å². The molecule has 0 amide bonds. The molecule has 0 atom stereocenters. The Morgan fingerprint density at radius 2 is 2.38 bits per heavy atom. The molecule has 1 N–H and O–H groups in total. The van der Waals surface area contributed by atoms with Gasteiger partial charge in [-0.15, -0.1) is 0 Å². The third-order valence-corrected chi connectivity index (χ3v) is 2.16. The third kappa shape index (κ3) is 1.28. The van der Waals surface area contributed by atoms with Gasteiger partial charge in [0.25, 0.3) is 0 Å². The lowest BCUT2D eigenvalue weighted by Crippen LogP contribution is -2.02. The number of nitrogens with zero attached hydrogens (tertiary/aromatic N) is 2. The van der Waals surface area contributed by atoms with Gasteiger partial charge >= 0.3 is 0 Å². The Morgan fingerprint density at radius 3 is 3.15 bits per heavy atom. The van der Waals surface area contributed by atoms with E-state index in [1.54, 1.807) is 0 Å². The molecule has 0 aliphatic carbocycles. The van der Waals surface area contributed by atoms with Gasteiger partial charge in [-0.25, -0.2) is 4.98 Å². The molecule has 0 saturated carbocycles. The first-order chi connectivity index (χ1) is 6.33. The maximum Gasteiger partial charge on any atom is 0.134 e. The van der Waals surface area contributed by atoms with E-state index >= 15 is 0 Å². The summed E-state index contributed by atoms with van der Waals surface area (Å²) >= 11 is 0. The van der Waals surface area contributed by atoms with Crippen molar-refractivity contribution in [2.45, 2.75) is 0 Å². The van der Waals surface area contributed by atoms with Gasteiger partial charge in [-0.05, 0) is 18.6 Å². The normalized spacial score (nSPS) is 10.5. The van der Waals surface area contributed by atoms with Crippen molar-refractivity contribution < 1.29 is 0 Å². The fourth-order valence-electron chi connectivity index (χ4n) is 1.51. The summed E-state index contributed by atoms with van der Waals surface area (Å²) in [6.45, 7) is 0. The summed E-state index contributed by atoms with van der Waals surface area (Å²) in [5, 5.41) is 4.43. The molecule has 0 fully saturated rings. The van der Waals surface area contributed by atoms with Crippen molar-refractivity contribution in [3.05, 3.63) is 24.5 Å². The minimum atomic E-state index is 0.904. The van der Waals surface area contributed by atoms with Crippen molar-refractivity contribution in [2.24, 2.45) is 7.05 Å². The largest absolute Gasteiger partial charge is 0.378 e. The SMILES string of the molecule is BCNc1nccc2c1ccn2C. The van der Waals surface area contributed by atoms with E-state index in [-0.39, 0.29) is 0 Å². The van der Waals surface area contributed by atoms with Crippen LogP contribution in [0, 0.1) is 0 Å². The van der Waals surface area contributed by atoms with E-state index in [4.69, 9.17) is 0 Å². The van der Waals surface area contributed by atoms with Crippen LogP contribution in [0.5, 0.6) is 0 Å². The van der Waals surface area contributed by atoms with Crippen LogP contribution in [0.4, 0.5) is 5.82 Å². The number of hydrogen-bond acceptors (Lipinski definition) is 2. The smallest absolute Gasteiger partial charge is 0.134 e. The first-order valence-corrected chi connectivity index (χ1v) is 4.47. The predicted molar refractivity (Wildman–Crippen MR) is 57.7 cm³/mol. The Morgan fingerprint density at radius 1 is 1.54 bits per heavy atom. The Balaban J connectivity index is 2.63. The molecular weight excluding hydrogens is 161 g/mol. The number of pyridine rings is 1. The maximum absolute atomic E-state index is 4.29. The Bertz CT molecular complexity index is 422. The quantitative estimate of drug-likeness (QED) is 0.673. The van der Waals surface area contributed by atoms with Gasteiger partial charge in [0.1, 0.15) is 13.7 Å². The van der Waals surface area contributed by atoms with Crippen LogP contribution in [-0.2, 0) is 7.05 Å². The van der Waals surface area contributed by atoms with E-state index < -0.39 is 0 Å². The molecule has 2 aromatic rings. The first kappa shape index (κ1) is 8.17. The van der Waals surface area contributed by atoms with Crippen LogP contribution in [-0.4, -0.2) is 23.8 Å². The minimum Gasteiger partial charge on any atom is -0.378 e. The van der Waals surface area contributed by atoms with Crippen molar-refractivity contribution in [2.75, 3.05) is 11.8 Å². The van der Waals surface area contributed by atoms with E-state index in [0.717, 1.165) is 12.3 Å². The molecule has 0 radical (unpaired) electrons. The molecule has 0 spiro atoms. The summed E-state index contributed by atoms with van der Waals surface area (Å²) < 4.78 is 2.10. The second-order valence-corrected chi connectivity index (χ2v) is 3.05. The molecule has 0 unspecified atom stereocenters. The fourth-order valence-corrected chi connectivity index (χ4v) is 1.51. The standard InChI is InChI=1S/C9H12BN3/c1-13-5-3-7-8(13)2-4-11-9(7)12-6-10/h2-5H,6,10H2,1H3,(H,11,12). The number of aryl methyl sites for hydroxylation is 1.